The van der Waals surface area contributed by atoms with E-state index in [1.165, 1.54) is 19.3 Å². The predicted molar refractivity (Wildman–Crippen MR) is 288 cm³/mol. The molecule has 0 rings (SSSR count). The van der Waals surface area contributed by atoms with Crippen LogP contribution in [-0.2, 0) is 42.2 Å². The molecule has 0 saturated carbocycles. The molecule has 0 bridgehead atoms. The number of hydrogen-bond donors (Lipinski definition) is 2. The summed E-state index contributed by atoms with van der Waals surface area (Å²) in [6, 6.07) is 0. The van der Waals surface area contributed by atoms with Crippen molar-refractivity contribution in [1.29, 1.82) is 0 Å². The summed E-state index contributed by atoms with van der Waals surface area (Å²) in [7, 11) is -4.79. The van der Waals surface area contributed by atoms with Gasteiger partial charge in [0.05, 0.1) is 26.2 Å². The van der Waals surface area contributed by atoms with Crippen molar-refractivity contribution in [2.75, 3.05) is 26.4 Å². The van der Waals surface area contributed by atoms with Gasteiger partial charge in [0.1, 0.15) is 12.7 Å². The number of aliphatic hydroxyl groups is 1. The largest absolute Gasteiger partial charge is 0.472 e. The highest BCUT2D eigenvalue weighted by Gasteiger charge is 2.28. The number of allylic oxidation sites excluding steroid dienone is 19. The third kappa shape index (κ3) is 48.9. The van der Waals surface area contributed by atoms with E-state index in [4.69, 9.17) is 23.3 Å². The van der Waals surface area contributed by atoms with Gasteiger partial charge in [0.15, 0.2) is 6.10 Å². The van der Waals surface area contributed by atoms with Crippen LogP contribution in [0.3, 0.4) is 0 Å². The molecule has 0 spiro atoms. The Hall–Kier alpha value is -4.12. The van der Waals surface area contributed by atoms with Gasteiger partial charge in [0.2, 0.25) is 0 Å². The fraction of sp³-hybridized carbons (Fsp3) is 0.603. The van der Waals surface area contributed by atoms with Crippen LogP contribution in [0.5, 0.6) is 0 Å². The molecule has 0 aliphatic carbocycles. The number of carbonyl (C=O) groups excluding carboxylic acids is 3. The number of carbonyl (C=O) groups is 3. The first-order chi connectivity index (χ1) is 34.2. The highest BCUT2D eigenvalue weighted by atomic mass is 31.2. The molecule has 0 amide bonds. The normalized spacial score (nSPS) is 14.4. The number of phosphoric acid groups is 1. The Labute approximate surface area is 424 Å². The molecule has 0 aliphatic heterocycles. The van der Waals surface area contributed by atoms with Crippen LogP contribution in [0.25, 0.3) is 0 Å². The van der Waals surface area contributed by atoms with Crippen molar-refractivity contribution in [3.05, 3.63) is 122 Å². The van der Waals surface area contributed by atoms with Crippen LogP contribution in [0, 0.1) is 0 Å². The average Bonchev–Trinajstić information content (AvgIpc) is 3.35. The fourth-order valence-electron chi connectivity index (χ4n) is 6.41. The minimum Gasteiger partial charge on any atom is -0.462 e. The smallest absolute Gasteiger partial charge is 0.462 e. The monoisotopic (exact) mass is 997 g/mol. The zero-order valence-electron chi connectivity index (χ0n) is 43.4. The van der Waals surface area contributed by atoms with Crippen LogP contribution in [0.1, 0.15) is 188 Å². The second-order valence-corrected chi connectivity index (χ2v) is 18.4. The second-order valence-electron chi connectivity index (χ2n) is 16.9. The minimum absolute atomic E-state index is 0.0761. The lowest BCUT2D eigenvalue weighted by Gasteiger charge is -2.21. The summed E-state index contributed by atoms with van der Waals surface area (Å²) in [6.45, 7) is 4.19. The lowest BCUT2D eigenvalue weighted by atomic mass is 10.1. The van der Waals surface area contributed by atoms with Crippen LogP contribution in [0.15, 0.2) is 122 Å². The zero-order chi connectivity index (χ0) is 51.3. The SMILES string of the molecule is CC/C=C\C/C=C\C/C=C\C/C=C\C/C=C\CC(=O)OC(COC(=O)CCCCCCC/C=C\C/C=C\CCCCC)COP(=O)(O)OCC(CO)OC(=O)CCCCC/C=C\C/C=C\C/C=C\CC. The van der Waals surface area contributed by atoms with Crippen LogP contribution in [0.2, 0.25) is 0 Å². The van der Waals surface area contributed by atoms with Gasteiger partial charge < -0.3 is 24.2 Å². The quantitative estimate of drug-likeness (QED) is 0.0197. The predicted octanol–water partition coefficient (Wildman–Crippen LogP) is 15.2. The van der Waals surface area contributed by atoms with Crippen molar-refractivity contribution < 1.29 is 52.2 Å². The van der Waals surface area contributed by atoms with E-state index in [0.29, 0.717) is 19.3 Å². The summed E-state index contributed by atoms with van der Waals surface area (Å²) >= 11 is 0. The third-order valence-electron chi connectivity index (χ3n) is 10.4. The Balaban J connectivity index is 4.92. The van der Waals surface area contributed by atoms with Gasteiger partial charge in [-0.25, -0.2) is 4.57 Å². The van der Waals surface area contributed by atoms with Crippen LogP contribution >= 0.6 is 7.82 Å². The molecule has 70 heavy (non-hydrogen) atoms. The number of aliphatic hydroxyl groups excluding tert-OH is 1. The first kappa shape index (κ1) is 65.9. The lowest BCUT2D eigenvalue weighted by molar-refractivity contribution is -0.160. The van der Waals surface area contributed by atoms with Crippen molar-refractivity contribution in [3.63, 3.8) is 0 Å². The van der Waals surface area contributed by atoms with Gasteiger partial charge in [0, 0.05) is 12.8 Å². The van der Waals surface area contributed by atoms with Crippen molar-refractivity contribution in [2.45, 2.75) is 200 Å². The highest BCUT2D eigenvalue weighted by molar-refractivity contribution is 7.47. The Kier molecular flexibility index (Phi) is 48.2. The molecule has 2 N–H and O–H groups in total. The number of esters is 3. The van der Waals surface area contributed by atoms with Crippen LogP contribution in [-0.4, -0.2) is 66.5 Å². The molecule has 0 aromatic carbocycles. The molecule has 0 radical (unpaired) electrons. The summed E-state index contributed by atoms with van der Waals surface area (Å²) in [6.07, 6.45) is 62.0. The maximum atomic E-state index is 12.8. The Bertz CT molecular complexity index is 1630. The van der Waals surface area contributed by atoms with Crippen molar-refractivity contribution >= 4 is 25.7 Å². The molecule has 3 unspecified atom stereocenters. The number of rotatable bonds is 47. The van der Waals surface area contributed by atoms with E-state index in [1.54, 1.807) is 6.08 Å². The molecule has 0 aliphatic rings. The molecule has 0 aromatic rings. The molecule has 0 aromatic heterocycles. The molecule has 11 nitrogen and oxygen atoms in total. The lowest BCUT2D eigenvalue weighted by Crippen LogP contribution is -2.30. The van der Waals surface area contributed by atoms with E-state index in [2.05, 4.69) is 118 Å². The standard InChI is InChI=1S/C58H93O11P/c1-4-7-10-13-16-19-22-25-27-30-32-35-38-41-44-47-56(60)65-51-55(69-58(62)49-46-43-40-37-34-31-28-26-23-20-17-14-11-8-5-2)53-67-70(63,64)66-52-54(50-59)68-57(61)48-45-42-39-36-33-29-24-21-18-15-12-9-6-3/h8-9,11-12,16-21,25-29,33-34,37,43,46,54-55,59H,4-7,10,13-15,22-24,30-32,35-36,38-42,44-45,47-53H2,1-3H3,(H,63,64)/b11-8-,12-9-,19-16-,20-17-,21-18-,27-25-,28-26-,33-29-,37-34-,46-43-. The van der Waals surface area contributed by atoms with E-state index in [9.17, 15) is 28.9 Å². The molecule has 0 heterocycles. The van der Waals surface area contributed by atoms with E-state index >= 15 is 0 Å². The van der Waals surface area contributed by atoms with Crippen molar-refractivity contribution in [2.24, 2.45) is 0 Å². The molecular weight excluding hydrogens is 904 g/mol. The highest BCUT2D eigenvalue weighted by Crippen LogP contribution is 2.43. The summed E-state index contributed by atoms with van der Waals surface area (Å²) in [5, 5.41) is 9.77. The van der Waals surface area contributed by atoms with Gasteiger partial charge in [-0.05, 0) is 109 Å². The number of hydrogen-bond acceptors (Lipinski definition) is 10. The minimum atomic E-state index is -4.79. The first-order valence-corrected chi connectivity index (χ1v) is 27.9. The summed E-state index contributed by atoms with van der Waals surface area (Å²) in [4.78, 5) is 48.3. The number of unbranched alkanes of at least 4 members (excludes halogenated alkanes) is 11. The number of phosphoric ester groups is 1. The third-order valence-corrected chi connectivity index (χ3v) is 11.3. The van der Waals surface area contributed by atoms with Crippen LogP contribution in [0.4, 0.5) is 0 Å². The van der Waals surface area contributed by atoms with E-state index in [-0.39, 0.29) is 19.3 Å². The first-order valence-electron chi connectivity index (χ1n) is 26.4. The Morgan fingerprint density at radius 2 is 0.800 bits per heavy atom. The molecule has 12 heteroatoms. The maximum absolute atomic E-state index is 12.8. The van der Waals surface area contributed by atoms with Gasteiger partial charge in [-0.3, -0.25) is 23.4 Å². The summed E-state index contributed by atoms with van der Waals surface area (Å²) < 4.78 is 39.2. The number of ether oxygens (including phenoxy) is 3. The van der Waals surface area contributed by atoms with Gasteiger partial charge in [-0.1, -0.05) is 181 Å². The van der Waals surface area contributed by atoms with Gasteiger partial charge in [-0.2, -0.15) is 0 Å². The van der Waals surface area contributed by atoms with Gasteiger partial charge >= 0.3 is 25.7 Å². The van der Waals surface area contributed by atoms with E-state index in [0.717, 1.165) is 109 Å². The van der Waals surface area contributed by atoms with Crippen molar-refractivity contribution in [3.8, 4) is 0 Å². The average molecular weight is 997 g/mol. The molecule has 3 atom stereocenters. The van der Waals surface area contributed by atoms with Gasteiger partial charge in [-0.15, -0.1) is 0 Å². The molecular formula is C58H93O11P. The molecule has 0 fully saturated rings. The maximum Gasteiger partial charge on any atom is 0.472 e. The van der Waals surface area contributed by atoms with E-state index in [1.807, 2.05) is 18.2 Å². The Morgan fingerprint density at radius 1 is 0.429 bits per heavy atom. The summed E-state index contributed by atoms with van der Waals surface area (Å²) in [5.74, 6) is -1.68. The molecule has 396 valence electrons. The van der Waals surface area contributed by atoms with Crippen molar-refractivity contribution in [1.82, 2.24) is 0 Å². The summed E-state index contributed by atoms with van der Waals surface area (Å²) in [5.41, 5.74) is 0. The van der Waals surface area contributed by atoms with E-state index < -0.39 is 64.4 Å². The van der Waals surface area contributed by atoms with Gasteiger partial charge in [0.25, 0.3) is 0 Å². The zero-order valence-corrected chi connectivity index (χ0v) is 44.3. The van der Waals surface area contributed by atoms with Crippen LogP contribution < -0.4 is 0 Å². The fourth-order valence-corrected chi connectivity index (χ4v) is 7.20. The molecule has 0 saturated heterocycles. The topological polar surface area (TPSA) is 155 Å². The Morgan fingerprint density at radius 3 is 1.27 bits per heavy atom. The second kappa shape index (κ2) is 51.2.